The molecule has 2 rings (SSSR count). The number of carboxylic acid groups (broad SMARTS) is 1. The molecule has 1 amide bonds. The number of nitrogens with one attached hydrogen (secondary N) is 2. The van der Waals surface area contributed by atoms with Gasteiger partial charge in [0, 0.05) is 25.5 Å². The zero-order chi connectivity index (χ0) is 15.5. The summed E-state index contributed by atoms with van der Waals surface area (Å²) in [6, 6.07) is 1.69. The summed E-state index contributed by atoms with van der Waals surface area (Å²) in [5, 5.41) is 18.9. The minimum absolute atomic E-state index is 0.0917. The molecule has 3 N–H and O–H groups in total. The number of hydrogen-bond donors (Lipinski definition) is 3. The molecule has 21 heavy (non-hydrogen) atoms. The average Bonchev–Trinajstić information content (AvgIpc) is 2.95. The average molecular weight is 295 g/mol. The summed E-state index contributed by atoms with van der Waals surface area (Å²) < 4.78 is 5.20. The summed E-state index contributed by atoms with van der Waals surface area (Å²) in [6.07, 6.45) is 0.806. The lowest BCUT2D eigenvalue weighted by Gasteiger charge is -2.32. The summed E-state index contributed by atoms with van der Waals surface area (Å²) in [5.41, 5.74) is 0.218. The van der Waals surface area contributed by atoms with Crippen LogP contribution in [0.3, 0.4) is 0 Å². The highest BCUT2D eigenvalue weighted by atomic mass is 16.5. The Bertz CT molecular complexity index is 518. The second kappa shape index (κ2) is 6.26. The molecule has 0 radical (unpaired) electrons. The van der Waals surface area contributed by atoms with Crippen molar-refractivity contribution < 1.29 is 19.4 Å². The number of aliphatic carboxylic acids is 1. The van der Waals surface area contributed by atoms with Crippen LogP contribution >= 0.6 is 0 Å². The fraction of sp³-hybridized carbons (Fsp3) is 0.643. The molecule has 0 aliphatic carbocycles. The van der Waals surface area contributed by atoms with Crippen molar-refractivity contribution in [1.29, 1.82) is 0 Å². The van der Waals surface area contributed by atoms with Crippen molar-refractivity contribution in [2.24, 2.45) is 5.41 Å². The van der Waals surface area contributed by atoms with Crippen LogP contribution in [0.2, 0.25) is 0 Å². The van der Waals surface area contributed by atoms with E-state index in [9.17, 15) is 14.7 Å². The van der Waals surface area contributed by atoms with Crippen molar-refractivity contribution >= 4 is 11.9 Å². The Morgan fingerprint density at radius 3 is 2.67 bits per heavy atom. The van der Waals surface area contributed by atoms with Crippen LogP contribution in [0.1, 0.15) is 48.8 Å². The molecular weight excluding hydrogens is 274 g/mol. The van der Waals surface area contributed by atoms with Crippen molar-refractivity contribution in [3.63, 3.8) is 0 Å². The van der Waals surface area contributed by atoms with Crippen LogP contribution in [0.15, 0.2) is 6.07 Å². The van der Waals surface area contributed by atoms with Gasteiger partial charge >= 0.3 is 5.97 Å². The van der Waals surface area contributed by atoms with Gasteiger partial charge in [0.2, 0.25) is 0 Å². The summed E-state index contributed by atoms with van der Waals surface area (Å²) in [5.74, 6) is -0.999. The lowest BCUT2D eigenvalue weighted by molar-refractivity contribution is -0.154. The Labute approximate surface area is 123 Å². The maximum Gasteiger partial charge on any atom is 0.311 e. The van der Waals surface area contributed by atoms with E-state index in [1.165, 1.54) is 0 Å². The first kappa shape index (κ1) is 15.5. The standard InChI is InChI=1S/C14H21N3O4/c1-9(2)10-7-11(17-16-10)12(18)15-8-14(13(19)20)3-5-21-6-4-14/h7,9H,3-6,8H2,1-2H3,(H,15,18)(H,16,17)(H,19,20). The molecule has 2 heterocycles. The highest BCUT2D eigenvalue weighted by molar-refractivity contribution is 5.92. The van der Waals surface area contributed by atoms with E-state index in [1.807, 2.05) is 13.8 Å². The summed E-state index contributed by atoms with van der Waals surface area (Å²) in [7, 11) is 0. The Morgan fingerprint density at radius 1 is 1.48 bits per heavy atom. The first-order valence-corrected chi connectivity index (χ1v) is 7.09. The van der Waals surface area contributed by atoms with E-state index in [-0.39, 0.29) is 24.1 Å². The summed E-state index contributed by atoms with van der Waals surface area (Å²) >= 11 is 0. The molecule has 1 aliphatic heterocycles. The number of carbonyl (C=O) groups excluding carboxylic acids is 1. The van der Waals surface area contributed by atoms with Gasteiger partial charge in [-0.3, -0.25) is 14.7 Å². The first-order valence-electron chi connectivity index (χ1n) is 7.09. The van der Waals surface area contributed by atoms with Gasteiger partial charge in [-0.05, 0) is 24.8 Å². The molecule has 0 atom stereocenters. The van der Waals surface area contributed by atoms with Crippen molar-refractivity contribution in [1.82, 2.24) is 15.5 Å². The number of hydrogen-bond acceptors (Lipinski definition) is 4. The SMILES string of the molecule is CC(C)c1cc(C(=O)NCC2(C(=O)O)CCOCC2)n[nH]1. The van der Waals surface area contributed by atoms with Gasteiger partial charge in [0.05, 0.1) is 5.41 Å². The van der Waals surface area contributed by atoms with Crippen LogP contribution in [0.4, 0.5) is 0 Å². The van der Waals surface area contributed by atoms with Gasteiger partial charge in [-0.2, -0.15) is 5.10 Å². The number of amides is 1. The molecule has 7 nitrogen and oxygen atoms in total. The quantitative estimate of drug-likeness (QED) is 0.755. The molecule has 0 aromatic carbocycles. The fourth-order valence-electron chi connectivity index (χ4n) is 2.32. The predicted octanol–water partition coefficient (Wildman–Crippen LogP) is 1.14. The van der Waals surface area contributed by atoms with Crippen LogP contribution in [0, 0.1) is 5.41 Å². The van der Waals surface area contributed by atoms with Gasteiger partial charge in [-0.25, -0.2) is 0 Å². The number of nitrogens with zero attached hydrogens (tertiary/aromatic N) is 1. The fourth-order valence-corrected chi connectivity index (χ4v) is 2.32. The highest BCUT2D eigenvalue weighted by Gasteiger charge is 2.40. The molecule has 1 aromatic rings. The largest absolute Gasteiger partial charge is 0.481 e. The summed E-state index contributed by atoms with van der Waals surface area (Å²) in [6.45, 7) is 4.89. The molecule has 0 saturated carbocycles. The number of carbonyl (C=O) groups is 2. The normalized spacial score (nSPS) is 17.7. The van der Waals surface area contributed by atoms with Gasteiger partial charge in [-0.1, -0.05) is 13.8 Å². The van der Waals surface area contributed by atoms with Gasteiger partial charge < -0.3 is 15.2 Å². The lowest BCUT2D eigenvalue weighted by atomic mass is 9.80. The first-order chi connectivity index (χ1) is 9.94. The monoisotopic (exact) mass is 295 g/mol. The third kappa shape index (κ3) is 3.41. The Kier molecular flexibility index (Phi) is 4.62. The number of ether oxygens (including phenoxy) is 1. The Balaban J connectivity index is 1.99. The number of aromatic amines is 1. The maximum absolute atomic E-state index is 12.1. The van der Waals surface area contributed by atoms with Crippen molar-refractivity contribution in [2.45, 2.75) is 32.6 Å². The number of H-pyrrole nitrogens is 1. The molecule has 7 heteroatoms. The molecule has 0 unspecified atom stereocenters. The lowest BCUT2D eigenvalue weighted by Crippen LogP contribution is -2.46. The molecule has 1 fully saturated rings. The highest BCUT2D eigenvalue weighted by Crippen LogP contribution is 2.30. The van der Waals surface area contributed by atoms with Gasteiger partial charge in [0.1, 0.15) is 5.69 Å². The Hall–Kier alpha value is -1.89. The molecule has 0 spiro atoms. The maximum atomic E-state index is 12.1. The van der Waals surface area contributed by atoms with E-state index in [0.717, 1.165) is 5.69 Å². The van der Waals surface area contributed by atoms with E-state index in [1.54, 1.807) is 6.07 Å². The van der Waals surface area contributed by atoms with E-state index >= 15 is 0 Å². The topological polar surface area (TPSA) is 104 Å². The molecule has 116 valence electrons. The second-order valence-electron chi connectivity index (χ2n) is 5.74. The minimum Gasteiger partial charge on any atom is -0.481 e. The number of rotatable bonds is 5. The van der Waals surface area contributed by atoms with Gasteiger partial charge in [-0.15, -0.1) is 0 Å². The van der Waals surface area contributed by atoms with E-state index in [2.05, 4.69) is 15.5 Å². The molecule has 1 saturated heterocycles. The zero-order valence-corrected chi connectivity index (χ0v) is 12.3. The zero-order valence-electron chi connectivity index (χ0n) is 12.3. The van der Waals surface area contributed by atoms with Crippen LogP contribution in [0.5, 0.6) is 0 Å². The van der Waals surface area contributed by atoms with Crippen LogP contribution in [0.25, 0.3) is 0 Å². The van der Waals surface area contributed by atoms with E-state index in [0.29, 0.717) is 26.1 Å². The van der Waals surface area contributed by atoms with Crippen molar-refractivity contribution in [3.8, 4) is 0 Å². The second-order valence-corrected chi connectivity index (χ2v) is 5.74. The van der Waals surface area contributed by atoms with Crippen molar-refractivity contribution in [2.75, 3.05) is 19.8 Å². The van der Waals surface area contributed by atoms with E-state index < -0.39 is 11.4 Å². The Morgan fingerprint density at radius 2 is 2.14 bits per heavy atom. The third-order valence-electron chi connectivity index (χ3n) is 3.94. The van der Waals surface area contributed by atoms with E-state index in [4.69, 9.17) is 4.74 Å². The number of aromatic nitrogens is 2. The molecule has 1 aromatic heterocycles. The number of carboxylic acids is 1. The molecular formula is C14H21N3O4. The van der Waals surface area contributed by atoms with Crippen LogP contribution in [-0.2, 0) is 9.53 Å². The van der Waals surface area contributed by atoms with Crippen LogP contribution < -0.4 is 5.32 Å². The van der Waals surface area contributed by atoms with Gasteiger partial charge in [0.15, 0.2) is 0 Å². The summed E-state index contributed by atoms with van der Waals surface area (Å²) in [4.78, 5) is 23.6. The molecule has 1 aliphatic rings. The predicted molar refractivity (Wildman–Crippen MR) is 75.1 cm³/mol. The minimum atomic E-state index is -0.939. The molecule has 0 bridgehead atoms. The van der Waals surface area contributed by atoms with Crippen molar-refractivity contribution in [3.05, 3.63) is 17.5 Å². The smallest absolute Gasteiger partial charge is 0.311 e. The van der Waals surface area contributed by atoms with Gasteiger partial charge in [0.25, 0.3) is 5.91 Å². The third-order valence-corrected chi connectivity index (χ3v) is 3.94. The van der Waals surface area contributed by atoms with Crippen LogP contribution in [-0.4, -0.2) is 46.9 Å².